The molecular weight excluding hydrogens is 411 g/mol. The number of hydrogen-bond donors (Lipinski definition) is 2. The highest BCUT2D eigenvalue weighted by molar-refractivity contribution is 14.0. The normalized spacial score (nSPS) is 19.2. The molecule has 1 aliphatic heterocycles. The molecule has 24 heavy (non-hydrogen) atoms. The molecule has 4 nitrogen and oxygen atoms in total. The van der Waals surface area contributed by atoms with E-state index in [4.69, 9.17) is 5.73 Å². The lowest BCUT2D eigenvalue weighted by atomic mass is 10.00. The first-order valence-corrected chi connectivity index (χ1v) is 9.12. The van der Waals surface area contributed by atoms with Crippen LogP contribution in [0.15, 0.2) is 23.2 Å². The third-order valence-corrected chi connectivity index (χ3v) is 5.13. The SMILES string of the molecule is CN1CCCc2cc(CN=C(N)NC3CCCCCC3)ccc21.I. The van der Waals surface area contributed by atoms with Gasteiger partial charge in [-0.25, -0.2) is 4.99 Å². The second kappa shape index (κ2) is 9.49. The molecule has 0 saturated heterocycles. The van der Waals surface area contributed by atoms with Crippen LogP contribution in [0.5, 0.6) is 0 Å². The lowest BCUT2D eigenvalue weighted by molar-refractivity contribution is 0.530. The van der Waals surface area contributed by atoms with Crippen molar-refractivity contribution in [2.24, 2.45) is 10.7 Å². The Balaban J connectivity index is 0.00000208. The highest BCUT2D eigenvalue weighted by atomic mass is 127. The summed E-state index contributed by atoms with van der Waals surface area (Å²) in [5.74, 6) is 0.603. The lowest BCUT2D eigenvalue weighted by Crippen LogP contribution is -2.39. The Hall–Kier alpha value is -0.980. The van der Waals surface area contributed by atoms with Crippen molar-refractivity contribution >= 4 is 35.6 Å². The van der Waals surface area contributed by atoms with Crippen LogP contribution in [0.4, 0.5) is 5.69 Å². The summed E-state index contributed by atoms with van der Waals surface area (Å²) in [5.41, 5.74) is 10.2. The average molecular weight is 442 g/mol. The molecule has 1 fully saturated rings. The summed E-state index contributed by atoms with van der Waals surface area (Å²) in [4.78, 5) is 6.90. The van der Waals surface area contributed by atoms with Gasteiger partial charge >= 0.3 is 0 Å². The Morgan fingerprint density at radius 2 is 1.96 bits per heavy atom. The fraction of sp³-hybridized carbons (Fsp3) is 0.632. The quantitative estimate of drug-likeness (QED) is 0.324. The number of nitrogens with two attached hydrogens (primary N) is 1. The number of anilines is 1. The Kier molecular flexibility index (Phi) is 7.65. The fourth-order valence-electron chi connectivity index (χ4n) is 3.79. The minimum Gasteiger partial charge on any atom is -0.374 e. The number of nitrogens with zero attached hydrogens (tertiary/aromatic N) is 2. The van der Waals surface area contributed by atoms with Crippen LogP contribution in [0.25, 0.3) is 0 Å². The highest BCUT2D eigenvalue weighted by Gasteiger charge is 2.14. The molecule has 0 radical (unpaired) electrons. The van der Waals surface area contributed by atoms with Crippen LogP contribution in [0.2, 0.25) is 0 Å². The van der Waals surface area contributed by atoms with Crippen LogP contribution in [0.1, 0.15) is 56.1 Å². The van der Waals surface area contributed by atoms with E-state index < -0.39 is 0 Å². The summed E-state index contributed by atoms with van der Waals surface area (Å²) < 4.78 is 0. The van der Waals surface area contributed by atoms with Crippen molar-refractivity contribution in [2.75, 3.05) is 18.5 Å². The van der Waals surface area contributed by atoms with E-state index >= 15 is 0 Å². The Morgan fingerprint density at radius 1 is 1.21 bits per heavy atom. The maximum absolute atomic E-state index is 6.09. The molecular formula is C19H31IN4. The first kappa shape index (κ1) is 19.3. The van der Waals surface area contributed by atoms with Crippen LogP contribution in [-0.4, -0.2) is 25.6 Å². The third-order valence-electron chi connectivity index (χ3n) is 5.13. The molecule has 2 aliphatic rings. The van der Waals surface area contributed by atoms with E-state index in [0.29, 0.717) is 18.5 Å². The van der Waals surface area contributed by atoms with E-state index in [1.165, 1.54) is 68.2 Å². The van der Waals surface area contributed by atoms with Crippen molar-refractivity contribution in [3.8, 4) is 0 Å². The van der Waals surface area contributed by atoms with E-state index in [-0.39, 0.29) is 24.0 Å². The number of rotatable bonds is 3. The van der Waals surface area contributed by atoms with Gasteiger partial charge in [0.1, 0.15) is 0 Å². The van der Waals surface area contributed by atoms with Gasteiger partial charge in [-0.2, -0.15) is 0 Å². The second-order valence-electron chi connectivity index (χ2n) is 7.02. The molecule has 3 rings (SSSR count). The van der Waals surface area contributed by atoms with Gasteiger partial charge in [-0.3, -0.25) is 0 Å². The molecule has 1 heterocycles. The van der Waals surface area contributed by atoms with Gasteiger partial charge in [0.2, 0.25) is 0 Å². The van der Waals surface area contributed by atoms with Crippen molar-refractivity contribution in [3.05, 3.63) is 29.3 Å². The van der Waals surface area contributed by atoms with Crippen LogP contribution in [0, 0.1) is 0 Å². The molecule has 134 valence electrons. The number of aliphatic imine (C=N–C) groups is 1. The summed E-state index contributed by atoms with van der Waals surface area (Å²) in [6.07, 6.45) is 10.2. The smallest absolute Gasteiger partial charge is 0.189 e. The predicted molar refractivity (Wildman–Crippen MR) is 113 cm³/mol. The Morgan fingerprint density at radius 3 is 2.71 bits per heavy atom. The van der Waals surface area contributed by atoms with Crippen molar-refractivity contribution in [1.29, 1.82) is 0 Å². The van der Waals surface area contributed by atoms with Gasteiger partial charge in [-0.05, 0) is 42.9 Å². The molecule has 0 aromatic heterocycles. The fourth-order valence-corrected chi connectivity index (χ4v) is 3.79. The zero-order valence-electron chi connectivity index (χ0n) is 14.8. The zero-order chi connectivity index (χ0) is 16.1. The maximum atomic E-state index is 6.09. The molecule has 3 N–H and O–H groups in total. The summed E-state index contributed by atoms with van der Waals surface area (Å²) in [7, 11) is 2.17. The minimum atomic E-state index is 0. The van der Waals surface area contributed by atoms with Crippen molar-refractivity contribution in [1.82, 2.24) is 5.32 Å². The van der Waals surface area contributed by atoms with Gasteiger partial charge < -0.3 is 16.0 Å². The van der Waals surface area contributed by atoms with Gasteiger partial charge in [-0.15, -0.1) is 24.0 Å². The number of benzene rings is 1. The Labute approximate surface area is 163 Å². The van der Waals surface area contributed by atoms with Crippen molar-refractivity contribution in [2.45, 2.75) is 64.0 Å². The largest absolute Gasteiger partial charge is 0.374 e. The van der Waals surface area contributed by atoms with Gasteiger partial charge in [0, 0.05) is 25.3 Å². The summed E-state index contributed by atoms with van der Waals surface area (Å²) in [5, 5.41) is 3.42. The van der Waals surface area contributed by atoms with E-state index in [1.807, 2.05) is 0 Å². The summed E-state index contributed by atoms with van der Waals surface area (Å²) in [6, 6.07) is 7.23. The highest BCUT2D eigenvalue weighted by Crippen LogP contribution is 2.27. The molecule has 1 saturated carbocycles. The van der Waals surface area contributed by atoms with Crippen LogP contribution < -0.4 is 16.0 Å². The third kappa shape index (κ3) is 5.26. The number of halogens is 1. The van der Waals surface area contributed by atoms with Crippen LogP contribution >= 0.6 is 24.0 Å². The van der Waals surface area contributed by atoms with Crippen LogP contribution in [-0.2, 0) is 13.0 Å². The number of aryl methyl sites for hydroxylation is 1. The molecule has 1 aliphatic carbocycles. The van der Waals surface area contributed by atoms with Gasteiger partial charge in [0.25, 0.3) is 0 Å². The number of hydrogen-bond acceptors (Lipinski definition) is 2. The molecule has 0 unspecified atom stereocenters. The van der Waals surface area contributed by atoms with E-state index in [0.717, 1.165) is 6.54 Å². The molecule has 5 heteroatoms. The monoisotopic (exact) mass is 442 g/mol. The van der Waals surface area contributed by atoms with E-state index in [9.17, 15) is 0 Å². The molecule has 0 bridgehead atoms. The number of nitrogens with one attached hydrogen (secondary N) is 1. The minimum absolute atomic E-state index is 0. The summed E-state index contributed by atoms with van der Waals surface area (Å²) >= 11 is 0. The second-order valence-corrected chi connectivity index (χ2v) is 7.02. The first-order chi connectivity index (χ1) is 11.2. The average Bonchev–Trinajstić information content (AvgIpc) is 2.82. The standard InChI is InChI=1S/C19H30N4.HI/c1-23-12-6-7-16-13-15(10-11-18(16)23)14-21-19(20)22-17-8-4-2-3-5-9-17;/h10-11,13,17H,2-9,12,14H2,1H3,(H3,20,21,22);1H. The zero-order valence-corrected chi connectivity index (χ0v) is 17.1. The van der Waals surface area contributed by atoms with E-state index in [2.05, 4.69) is 40.5 Å². The number of fused-ring (bicyclic) bond motifs is 1. The molecule has 0 spiro atoms. The van der Waals surface area contributed by atoms with Gasteiger partial charge in [0.15, 0.2) is 5.96 Å². The molecule has 0 atom stereocenters. The Bertz CT molecular complexity index is 550. The van der Waals surface area contributed by atoms with Gasteiger partial charge in [-0.1, -0.05) is 37.8 Å². The first-order valence-electron chi connectivity index (χ1n) is 9.12. The van der Waals surface area contributed by atoms with Crippen LogP contribution in [0.3, 0.4) is 0 Å². The summed E-state index contributed by atoms with van der Waals surface area (Å²) in [6.45, 7) is 1.82. The van der Waals surface area contributed by atoms with Crippen molar-refractivity contribution in [3.63, 3.8) is 0 Å². The van der Waals surface area contributed by atoms with Crippen molar-refractivity contribution < 1.29 is 0 Å². The van der Waals surface area contributed by atoms with E-state index in [1.54, 1.807) is 0 Å². The van der Waals surface area contributed by atoms with Gasteiger partial charge in [0.05, 0.1) is 6.54 Å². The maximum Gasteiger partial charge on any atom is 0.189 e. The topological polar surface area (TPSA) is 53.6 Å². The predicted octanol–water partition coefficient (Wildman–Crippen LogP) is 3.81. The molecule has 1 aromatic rings. The molecule has 0 amide bonds. The number of guanidine groups is 1. The molecule has 1 aromatic carbocycles. The lowest BCUT2D eigenvalue weighted by Gasteiger charge is -2.27.